The molecule has 1 aromatic carbocycles. The Morgan fingerprint density at radius 1 is 1.40 bits per heavy atom. The average molecular weight is 200 g/mol. The highest BCUT2D eigenvalue weighted by molar-refractivity contribution is 5.84. The number of para-hydroxylation sites is 1. The number of allylic oxidation sites excluding steroid dienone is 1. The first-order valence-corrected chi connectivity index (χ1v) is 5.16. The first-order valence-electron chi connectivity index (χ1n) is 5.16. The van der Waals surface area contributed by atoms with Gasteiger partial charge < -0.3 is 10.6 Å². The Morgan fingerprint density at radius 2 is 2.20 bits per heavy atom. The second-order valence-corrected chi connectivity index (χ2v) is 3.91. The molecule has 78 valence electrons. The fourth-order valence-electron chi connectivity index (χ4n) is 1.79. The van der Waals surface area contributed by atoms with E-state index in [2.05, 4.69) is 35.9 Å². The molecule has 15 heavy (non-hydrogen) atoms. The van der Waals surface area contributed by atoms with E-state index in [0.717, 1.165) is 35.6 Å². The van der Waals surface area contributed by atoms with E-state index in [1.807, 2.05) is 13.0 Å². The smallest absolute Gasteiger partial charge is 0.0655 e. The second kappa shape index (κ2) is 3.81. The Bertz CT molecular complexity index is 419. The molecule has 0 radical (unpaired) electrons. The molecule has 0 atom stereocenters. The van der Waals surface area contributed by atoms with Crippen molar-refractivity contribution in [2.45, 2.75) is 13.3 Å². The summed E-state index contributed by atoms with van der Waals surface area (Å²) in [5.41, 5.74) is 5.55. The lowest BCUT2D eigenvalue weighted by Gasteiger charge is -2.13. The molecule has 0 saturated carbocycles. The SMILES string of the molecule is C=C1CCNc2c(cccc2C(=C)C)N1. The molecule has 0 fully saturated rings. The number of hydrogen-bond donors (Lipinski definition) is 2. The molecule has 0 unspecified atom stereocenters. The Hall–Kier alpha value is -1.70. The van der Waals surface area contributed by atoms with E-state index in [9.17, 15) is 0 Å². The van der Waals surface area contributed by atoms with E-state index >= 15 is 0 Å². The first kappa shape index (κ1) is 9.84. The van der Waals surface area contributed by atoms with Gasteiger partial charge in [0.15, 0.2) is 0 Å². The molecule has 1 aliphatic heterocycles. The standard InChI is InChI=1S/C13H16N2/c1-9(2)11-5-4-6-12-13(11)14-8-7-10(3)15-12/h4-6,14-15H,1,3,7-8H2,2H3. The predicted molar refractivity (Wildman–Crippen MR) is 67.0 cm³/mol. The van der Waals surface area contributed by atoms with E-state index in [1.54, 1.807) is 0 Å². The van der Waals surface area contributed by atoms with Crippen molar-refractivity contribution in [3.8, 4) is 0 Å². The number of anilines is 2. The van der Waals surface area contributed by atoms with Crippen molar-refractivity contribution in [3.05, 3.63) is 42.6 Å². The van der Waals surface area contributed by atoms with Crippen molar-refractivity contribution in [1.82, 2.24) is 0 Å². The minimum atomic E-state index is 0.920. The number of hydrogen-bond acceptors (Lipinski definition) is 2. The van der Waals surface area contributed by atoms with Gasteiger partial charge in [-0.25, -0.2) is 0 Å². The Balaban J connectivity index is 2.50. The lowest BCUT2D eigenvalue weighted by Crippen LogP contribution is -2.01. The van der Waals surface area contributed by atoms with Crippen LogP contribution in [0.25, 0.3) is 5.57 Å². The van der Waals surface area contributed by atoms with E-state index in [1.165, 1.54) is 5.56 Å². The zero-order valence-electron chi connectivity index (χ0n) is 9.06. The van der Waals surface area contributed by atoms with Gasteiger partial charge in [0.2, 0.25) is 0 Å². The van der Waals surface area contributed by atoms with E-state index in [-0.39, 0.29) is 0 Å². The quantitative estimate of drug-likeness (QED) is 0.725. The molecular weight excluding hydrogens is 184 g/mol. The zero-order valence-corrected chi connectivity index (χ0v) is 9.06. The molecule has 1 heterocycles. The van der Waals surface area contributed by atoms with Crippen LogP contribution in [0, 0.1) is 0 Å². The third kappa shape index (κ3) is 1.89. The molecule has 0 aromatic heterocycles. The molecule has 0 amide bonds. The van der Waals surface area contributed by atoms with Crippen LogP contribution < -0.4 is 10.6 Å². The van der Waals surface area contributed by atoms with Crippen molar-refractivity contribution in [1.29, 1.82) is 0 Å². The van der Waals surface area contributed by atoms with Crippen molar-refractivity contribution in [2.75, 3.05) is 17.2 Å². The molecule has 2 rings (SSSR count). The number of rotatable bonds is 1. The highest BCUT2D eigenvalue weighted by Crippen LogP contribution is 2.33. The number of fused-ring (bicyclic) bond motifs is 1. The van der Waals surface area contributed by atoms with E-state index in [0.29, 0.717) is 0 Å². The fourth-order valence-corrected chi connectivity index (χ4v) is 1.79. The van der Waals surface area contributed by atoms with Gasteiger partial charge in [0.05, 0.1) is 11.4 Å². The van der Waals surface area contributed by atoms with Gasteiger partial charge in [0.1, 0.15) is 0 Å². The van der Waals surface area contributed by atoms with Crippen LogP contribution in [0.5, 0.6) is 0 Å². The summed E-state index contributed by atoms with van der Waals surface area (Å²) in [4.78, 5) is 0. The predicted octanol–water partition coefficient (Wildman–Crippen LogP) is 3.46. The third-order valence-electron chi connectivity index (χ3n) is 2.56. The van der Waals surface area contributed by atoms with Gasteiger partial charge in [-0.3, -0.25) is 0 Å². The summed E-state index contributed by atoms with van der Waals surface area (Å²) < 4.78 is 0. The largest absolute Gasteiger partial charge is 0.382 e. The minimum Gasteiger partial charge on any atom is -0.382 e. The van der Waals surface area contributed by atoms with Crippen LogP contribution in [0.3, 0.4) is 0 Å². The van der Waals surface area contributed by atoms with Gasteiger partial charge in [0, 0.05) is 24.2 Å². The van der Waals surface area contributed by atoms with E-state index in [4.69, 9.17) is 0 Å². The van der Waals surface area contributed by atoms with Crippen LogP contribution in [0.2, 0.25) is 0 Å². The van der Waals surface area contributed by atoms with Crippen LogP contribution in [-0.4, -0.2) is 6.54 Å². The summed E-state index contributed by atoms with van der Waals surface area (Å²) >= 11 is 0. The van der Waals surface area contributed by atoms with Crippen molar-refractivity contribution in [3.63, 3.8) is 0 Å². The van der Waals surface area contributed by atoms with Crippen LogP contribution in [0.1, 0.15) is 18.9 Å². The molecule has 0 spiro atoms. The molecule has 2 heteroatoms. The minimum absolute atomic E-state index is 0.920. The topological polar surface area (TPSA) is 24.1 Å². The lowest BCUT2D eigenvalue weighted by molar-refractivity contribution is 1.03. The monoisotopic (exact) mass is 200 g/mol. The first-order chi connectivity index (χ1) is 7.18. The maximum atomic E-state index is 3.99. The van der Waals surface area contributed by atoms with Crippen molar-refractivity contribution < 1.29 is 0 Å². The summed E-state index contributed by atoms with van der Waals surface area (Å²) in [5, 5.41) is 6.74. The van der Waals surface area contributed by atoms with Crippen LogP contribution in [0.15, 0.2) is 37.1 Å². The van der Waals surface area contributed by atoms with Crippen LogP contribution >= 0.6 is 0 Å². The normalized spacial score (nSPS) is 14.6. The maximum Gasteiger partial charge on any atom is 0.0655 e. The Kier molecular flexibility index (Phi) is 2.50. The van der Waals surface area contributed by atoms with E-state index < -0.39 is 0 Å². The molecule has 1 aliphatic rings. The zero-order chi connectivity index (χ0) is 10.8. The van der Waals surface area contributed by atoms with Gasteiger partial charge in [-0.05, 0) is 18.6 Å². The highest BCUT2D eigenvalue weighted by atomic mass is 15.0. The van der Waals surface area contributed by atoms with Crippen molar-refractivity contribution >= 4 is 16.9 Å². The Labute approximate surface area is 90.7 Å². The summed E-state index contributed by atoms with van der Waals surface area (Å²) in [7, 11) is 0. The summed E-state index contributed by atoms with van der Waals surface area (Å²) in [6.07, 6.45) is 0.949. The van der Waals surface area contributed by atoms with Gasteiger partial charge in [-0.15, -0.1) is 0 Å². The lowest BCUT2D eigenvalue weighted by atomic mass is 10.1. The van der Waals surface area contributed by atoms with Gasteiger partial charge >= 0.3 is 0 Å². The Morgan fingerprint density at radius 3 is 2.93 bits per heavy atom. The van der Waals surface area contributed by atoms with Crippen LogP contribution in [-0.2, 0) is 0 Å². The maximum absolute atomic E-state index is 3.99. The molecular formula is C13H16N2. The number of benzene rings is 1. The molecule has 1 aromatic rings. The molecule has 0 bridgehead atoms. The second-order valence-electron chi connectivity index (χ2n) is 3.91. The molecule has 0 saturated heterocycles. The molecule has 0 aliphatic carbocycles. The van der Waals surface area contributed by atoms with Gasteiger partial charge in [-0.2, -0.15) is 0 Å². The molecule has 2 nitrogen and oxygen atoms in total. The van der Waals surface area contributed by atoms with Gasteiger partial charge in [-0.1, -0.05) is 25.3 Å². The third-order valence-corrected chi connectivity index (χ3v) is 2.56. The number of nitrogens with one attached hydrogen (secondary N) is 2. The summed E-state index contributed by atoms with van der Waals surface area (Å²) in [6, 6.07) is 6.19. The average Bonchev–Trinajstić information content (AvgIpc) is 2.37. The van der Waals surface area contributed by atoms with Crippen molar-refractivity contribution in [2.24, 2.45) is 0 Å². The fraction of sp³-hybridized carbons (Fsp3) is 0.231. The highest BCUT2D eigenvalue weighted by Gasteiger charge is 2.12. The summed E-state index contributed by atoms with van der Waals surface area (Å²) in [5.74, 6) is 0. The summed E-state index contributed by atoms with van der Waals surface area (Å²) in [6.45, 7) is 10.9. The molecule has 2 N–H and O–H groups in total. The van der Waals surface area contributed by atoms with Crippen LogP contribution in [0.4, 0.5) is 11.4 Å². The van der Waals surface area contributed by atoms with Gasteiger partial charge in [0.25, 0.3) is 0 Å².